The summed E-state index contributed by atoms with van der Waals surface area (Å²) < 4.78 is 10.9. The molecule has 0 radical (unpaired) electrons. The molecule has 1 atom stereocenters. The fourth-order valence-electron chi connectivity index (χ4n) is 2.85. The molecule has 2 aromatic rings. The lowest BCUT2D eigenvalue weighted by Crippen LogP contribution is -2.41. The first-order valence-corrected chi connectivity index (χ1v) is 9.81. The molecule has 136 valence electrons. The Kier molecular flexibility index (Phi) is 6.94. The van der Waals surface area contributed by atoms with Gasteiger partial charge in [-0.2, -0.15) is 0 Å². The largest absolute Gasteiger partial charge is 0.469 e. The molecule has 1 saturated heterocycles. The van der Waals surface area contributed by atoms with Gasteiger partial charge in [0.25, 0.3) is 0 Å². The second-order valence-corrected chi connectivity index (χ2v) is 7.43. The van der Waals surface area contributed by atoms with Crippen molar-refractivity contribution < 1.29 is 9.15 Å². The minimum atomic E-state index is 0.549. The number of nitrogens with zero attached hydrogens (tertiary/aromatic N) is 2. The van der Waals surface area contributed by atoms with Crippen LogP contribution in [0.1, 0.15) is 17.1 Å². The van der Waals surface area contributed by atoms with Crippen LogP contribution in [0.2, 0.25) is 0 Å². The van der Waals surface area contributed by atoms with E-state index in [1.54, 1.807) is 6.26 Å². The summed E-state index contributed by atoms with van der Waals surface area (Å²) in [5.74, 6) is 2.51. The second kappa shape index (κ2) is 9.63. The Labute approximate surface area is 153 Å². The smallest absolute Gasteiger partial charge is 0.193 e. The van der Waals surface area contributed by atoms with E-state index in [1.807, 2.05) is 23.5 Å². The fourth-order valence-corrected chi connectivity index (χ4v) is 3.54. The van der Waals surface area contributed by atoms with Crippen molar-refractivity contribution >= 4 is 17.3 Å². The van der Waals surface area contributed by atoms with E-state index < -0.39 is 0 Å². The summed E-state index contributed by atoms with van der Waals surface area (Å²) in [6.45, 7) is 4.30. The zero-order valence-corrected chi connectivity index (χ0v) is 15.6. The maximum Gasteiger partial charge on any atom is 0.193 e. The van der Waals surface area contributed by atoms with Gasteiger partial charge in [-0.15, -0.1) is 11.3 Å². The normalized spacial score (nSPS) is 17.8. The lowest BCUT2D eigenvalue weighted by Gasteiger charge is -2.22. The number of ether oxygens (including phenoxy) is 1. The van der Waals surface area contributed by atoms with Gasteiger partial charge in [-0.3, -0.25) is 4.99 Å². The molecular formula is C19H27N3O2S. The van der Waals surface area contributed by atoms with Gasteiger partial charge in [0.05, 0.1) is 12.9 Å². The summed E-state index contributed by atoms with van der Waals surface area (Å²) in [4.78, 5) is 8.48. The van der Waals surface area contributed by atoms with Gasteiger partial charge in [0.15, 0.2) is 5.96 Å². The van der Waals surface area contributed by atoms with Gasteiger partial charge >= 0.3 is 0 Å². The maximum absolute atomic E-state index is 5.46. The summed E-state index contributed by atoms with van der Waals surface area (Å²) in [6, 6.07) is 8.23. The van der Waals surface area contributed by atoms with Gasteiger partial charge in [-0.05, 0) is 36.4 Å². The first-order valence-electron chi connectivity index (χ1n) is 8.93. The third-order valence-electron chi connectivity index (χ3n) is 4.39. The van der Waals surface area contributed by atoms with E-state index in [0.717, 1.165) is 63.8 Å². The molecule has 0 spiro atoms. The van der Waals surface area contributed by atoms with E-state index in [0.29, 0.717) is 5.92 Å². The van der Waals surface area contributed by atoms with Crippen LogP contribution in [0.4, 0.5) is 0 Å². The Morgan fingerprint density at radius 1 is 1.36 bits per heavy atom. The molecule has 2 aromatic heterocycles. The average molecular weight is 362 g/mol. The minimum Gasteiger partial charge on any atom is -0.469 e. The first-order chi connectivity index (χ1) is 12.3. The minimum absolute atomic E-state index is 0.549. The molecule has 3 heterocycles. The molecule has 0 aromatic carbocycles. The average Bonchev–Trinajstić information content (AvgIpc) is 3.39. The number of guanidine groups is 1. The quantitative estimate of drug-likeness (QED) is 0.580. The number of furan rings is 1. The third kappa shape index (κ3) is 5.90. The molecule has 1 N–H and O–H groups in total. The van der Waals surface area contributed by atoms with Crippen LogP contribution in [0.5, 0.6) is 0 Å². The molecule has 1 fully saturated rings. The van der Waals surface area contributed by atoms with Gasteiger partial charge in [0.1, 0.15) is 5.76 Å². The number of aliphatic imine (C=N–C) groups is 1. The zero-order chi connectivity index (χ0) is 17.3. The maximum atomic E-state index is 5.46. The highest BCUT2D eigenvalue weighted by molar-refractivity contribution is 7.09. The second-order valence-electron chi connectivity index (χ2n) is 6.40. The summed E-state index contributed by atoms with van der Waals surface area (Å²) in [7, 11) is 2.11. The van der Waals surface area contributed by atoms with Crippen molar-refractivity contribution in [2.45, 2.75) is 19.3 Å². The van der Waals surface area contributed by atoms with Gasteiger partial charge in [0.2, 0.25) is 0 Å². The monoisotopic (exact) mass is 361 g/mol. The van der Waals surface area contributed by atoms with E-state index in [-0.39, 0.29) is 0 Å². The number of hydrogen-bond acceptors (Lipinski definition) is 4. The number of nitrogens with one attached hydrogen (secondary N) is 1. The molecule has 6 heteroatoms. The Morgan fingerprint density at radius 2 is 2.32 bits per heavy atom. The van der Waals surface area contributed by atoms with Crippen LogP contribution < -0.4 is 5.32 Å². The lowest BCUT2D eigenvalue weighted by atomic mass is 10.1. The summed E-state index contributed by atoms with van der Waals surface area (Å²) >= 11 is 1.81. The van der Waals surface area contributed by atoms with Crippen molar-refractivity contribution in [2.75, 3.05) is 39.9 Å². The zero-order valence-electron chi connectivity index (χ0n) is 14.8. The van der Waals surface area contributed by atoms with Gasteiger partial charge < -0.3 is 19.4 Å². The van der Waals surface area contributed by atoms with Crippen molar-refractivity contribution in [2.24, 2.45) is 10.9 Å². The standard InChI is InChI=1S/C19H27N3O2S/c1-22(10-7-18-5-3-13-25-18)19(21-14-16-8-12-23-15-16)20-9-6-17-4-2-11-24-17/h2-5,11,13,16H,6-10,12,14-15H2,1H3,(H,20,21). The van der Waals surface area contributed by atoms with Crippen LogP contribution in [-0.2, 0) is 17.6 Å². The predicted octanol–water partition coefficient (Wildman–Crippen LogP) is 3.04. The molecule has 0 aliphatic carbocycles. The molecular weight excluding hydrogens is 334 g/mol. The van der Waals surface area contributed by atoms with Crippen LogP contribution in [0.3, 0.4) is 0 Å². The highest BCUT2D eigenvalue weighted by Crippen LogP contribution is 2.13. The van der Waals surface area contributed by atoms with Crippen molar-refractivity contribution in [1.29, 1.82) is 0 Å². The SMILES string of the molecule is CN(CCc1cccs1)C(=NCC1CCOC1)NCCc1ccco1. The van der Waals surface area contributed by atoms with E-state index in [4.69, 9.17) is 14.1 Å². The Morgan fingerprint density at radius 3 is 3.04 bits per heavy atom. The molecule has 1 aliphatic heterocycles. The highest BCUT2D eigenvalue weighted by atomic mass is 32.1. The van der Waals surface area contributed by atoms with Crippen LogP contribution in [0.15, 0.2) is 45.3 Å². The Hall–Kier alpha value is -1.79. The summed E-state index contributed by atoms with van der Waals surface area (Å²) in [5, 5.41) is 5.62. The van der Waals surface area contributed by atoms with Crippen LogP contribution in [-0.4, -0.2) is 50.8 Å². The van der Waals surface area contributed by atoms with Crippen LogP contribution in [0, 0.1) is 5.92 Å². The molecule has 25 heavy (non-hydrogen) atoms. The van der Waals surface area contributed by atoms with Crippen molar-refractivity contribution in [3.8, 4) is 0 Å². The number of thiophene rings is 1. The van der Waals surface area contributed by atoms with Gasteiger partial charge in [-0.25, -0.2) is 0 Å². The lowest BCUT2D eigenvalue weighted by molar-refractivity contribution is 0.187. The number of rotatable bonds is 8. The van der Waals surface area contributed by atoms with Crippen molar-refractivity contribution in [3.63, 3.8) is 0 Å². The summed E-state index contributed by atoms with van der Waals surface area (Å²) in [5.41, 5.74) is 0. The highest BCUT2D eigenvalue weighted by Gasteiger charge is 2.16. The third-order valence-corrected chi connectivity index (χ3v) is 5.33. The molecule has 0 bridgehead atoms. The van der Waals surface area contributed by atoms with Crippen LogP contribution >= 0.6 is 11.3 Å². The van der Waals surface area contributed by atoms with Crippen LogP contribution in [0.25, 0.3) is 0 Å². The molecule has 1 aliphatic rings. The summed E-state index contributed by atoms with van der Waals surface area (Å²) in [6.07, 6.45) is 4.73. The van der Waals surface area contributed by atoms with E-state index in [1.165, 1.54) is 4.88 Å². The molecule has 0 amide bonds. The number of hydrogen-bond donors (Lipinski definition) is 1. The fraction of sp³-hybridized carbons (Fsp3) is 0.526. The predicted molar refractivity (Wildman–Crippen MR) is 102 cm³/mol. The van der Waals surface area contributed by atoms with Crippen molar-refractivity contribution in [3.05, 3.63) is 46.5 Å². The van der Waals surface area contributed by atoms with E-state index in [2.05, 4.69) is 34.8 Å². The van der Waals surface area contributed by atoms with Crippen molar-refractivity contribution in [1.82, 2.24) is 10.2 Å². The van der Waals surface area contributed by atoms with Gasteiger partial charge in [-0.1, -0.05) is 6.07 Å². The number of likely N-dealkylation sites (N-methyl/N-ethyl adjacent to an activating group) is 1. The Balaban J connectivity index is 1.52. The topological polar surface area (TPSA) is 50.0 Å². The van der Waals surface area contributed by atoms with E-state index in [9.17, 15) is 0 Å². The van der Waals surface area contributed by atoms with E-state index >= 15 is 0 Å². The van der Waals surface area contributed by atoms with Gasteiger partial charge in [0, 0.05) is 50.5 Å². The Bertz CT molecular complexity index is 619. The molecule has 3 rings (SSSR count). The molecule has 5 nitrogen and oxygen atoms in total. The molecule has 1 unspecified atom stereocenters. The molecule has 0 saturated carbocycles. The first kappa shape index (κ1) is 18.0.